The maximum absolute atomic E-state index is 12.6. The van der Waals surface area contributed by atoms with Gasteiger partial charge in [-0.2, -0.15) is 0 Å². The van der Waals surface area contributed by atoms with Gasteiger partial charge in [0, 0.05) is 21.6 Å². The Hall–Kier alpha value is -2.15. The molecule has 2 aromatic heterocycles. The van der Waals surface area contributed by atoms with Crippen molar-refractivity contribution in [1.29, 1.82) is 0 Å². The van der Waals surface area contributed by atoms with Crippen molar-refractivity contribution in [3.05, 3.63) is 79.1 Å². The first-order valence-electron chi connectivity index (χ1n) is 7.31. The van der Waals surface area contributed by atoms with Crippen LogP contribution in [0.2, 0.25) is 10.0 Å². The lowest BCUT2D eigenvalue weighted by molar-refractivity contribution is 0.102. The molecule has 0 aliphatic rings. The first kappa shape index (κ1) is 17.7. The lowest BCUT2D eigenvalue weighted by atomic mass is 10.2. The molecular formula is C17H13Cl2N3O2S. The zero-order valence-corrected chi connectivity index (χ0v) is 15.5. The second-order valence-electron chi connectivity index (χ2n) is 5.34. The van der Waals surface area contributed by atoms with Crippen molar-refractivity contribution in [2.24, 2.45) is 0 Å². The molecule has 2 heterocycles. The first-order valence-corrected chi connectivity index (χ1v) is 8.94. The third-order valence-corrected chi connectivity index (χ3v) is 4.92. The topological polar surface area (TPSA) is 64.0 Å². The van der Waals surface area contributed by atoms with Crippen molar-refractivity contribution in [1.82, 2.24) is 9.55 Å². The number of benzene rings is 1. The van der Waals surface area contributed by atoms with Crippen molar-refractivity contribution < 1.29 is 4.79 Å². The highest BCUT2D eigenvalue weighted by atomic mass is 35.5. The molecule has 0 fully saturated rings. The van der Waals surface area contributed by atoms with Gasteiger partial charge in [-0.25, -0.2) is 4.98 Å². The Morgan fingerprint density at radius 1 is 1.32 bits per heavy atom. The van der Waals surface area contributed by atoms with Crippen LogP contribution in [0.3, 0.4) is 0 Å². The minimum Gasteiger partial charge on any atom is -0.310 e. The SMILES string of the molecule is Cc1csc(NC(=O)c2cccn(Cc3ccc(Cl)cc3Cl)c2=O)n1. The smallest absolute Gasteiger partial charge is 0.263 e. The van der Waals surface area contributed by atoms with E-state index in [4.69, 9.17) is 23.2 Å². The van der Waals surface area contributed by atoms with Crippen LogP contribution in [0.15, 0.2) is 46.7 Å². The molecular weight excluding hydrogens is 381 g/mol. The first-order chi connectivity index (χ1) is 11.9. The molecule has 5 nitrogen and oxygen atoms in total. The fraction of sp³-hybridized carbons (Fsp3) is 0.118. The Morgan fingerprint density at radius 2 is 2.12 bits per heavy atom. The average molecular weight is 394 g/mol. The van der Waals surface area contributed by atoms with Crippen LogP contribution in [0.5, 0.6) is 0 Å². The summed E-state index contributed by atoms with van der Waals surface area (Å²) in [6.45, 7) is 2.07. The van der Waals surface area contributed by atoms with E-state index in [0.717, 1.165) is 11.3 Å². The number of carbonyl (C=O) groups excluding carboxylic acids is 1. The number of rotatable bonds is 4. The Morgan fingerprint density at radius 3 is 2.80 bits per heavy atom. The van der Waals surface area contributed by atoms with Crippen LogP contribution < -0.4 is 10.9 Å². The van der Waals surface area contributed by atoms with E-state index in [1.165, 1.54) is 22.0 Å². The van der Waals surface area contributed by atoms with E-state index in [1.54, 1.807) is 30.5 Å². The molecule has 1 N–H and O–H groups in total. The summed E-state index contributed by atoms with van der Waals surface area (Å²) in [7, 11) is 0. The van der Waals surface area contributed by atoms with Crippen molar-refractivity contribution in [3.63, 3.8) is 0 Å². The number of hydrogen-bond acceptors (Lipinski definition) is 4. The second-order valence-corrected chi connectivity index (χ2v) is 7.04. The highest BCUT2D eigenvalue weighted by molar-refractivity contribution is 7.13. The predicted octanol–water partition coefficient (Wildman–Crippen LogP) is 4.22. The summed E-state index contributed by atoms with van der Waals surface area (Å²) in [5.41, 5.74) is 1.18. The van der Waals surface area contributed by atoms with Gasteiger partial charge in [0.2, 0.25) is 0 Å². The van der Waals surface area contributed by atoms with Gasteiger partial charge >= 0.3 is 0 Å². The zero-order valence-electron chi connectivity index (χ0n) is 13.1. The van der Waals surface area contributed by atoms with E-state index in [0.29, 0.717) is 15.2 Å². The highest BCUT2D eigenvalue weighted by Gasteiger charge is 2.14. The van der Waals surface area contributed by atoms with Crippen LogP contribution in [0.1, 0.15) is 21.6 Å². The summed E-state index contributed by atoms with van der Waals surface area (Å²) < 4.78 is 1.43. The molecule has 8 heteroatoms. The number of nitrogens with one attached hydrogen (secondary N) is 1. The van der Waals surface area contributed by atoms with Crippen LogP contribution in [-0.4, -0.2) is 15.5 Å². The van der Waals surface area contributed by atoms with E-state index in [1.807, 2.05) is 12.3 Å². The van der Waals surface area contributed by atoms with Crippen LogP contribution in [0.25, 0.3) is 0 Å². The van der Waals surface area contributed by atoms with Gasteiger partial charge < -0.3 is 4.57 Å². The molecule has 0 spiro atoms. The van der Waals surface area contributed by atoms with E-state index < -0.39 is 11.5 Å². The molecule has 3 rings (SSSR count). The number of aromatic nitrogens is 2. The monoisotopic (exact) mass is 393 g/mol. The zero-order chi connectivity index (χ0) is 18.0. The molecule has 0 unspecified atom stereocenters. The molecule has 1 aromatic carbocycles. The molecule has 0 aliphatic heterocycles. The summed E-state index contributed by atoms with van der Waals surface area (Å²) in [6.07, 6.45) is 1.61. The second kappa shape index (κ2) is 7.39. The summed E-state index contributed by atoms with van der Waals surface area (Å²) in [5, 5.41) is 5.91. The molecule has 0 radical (unpaired) electrons. The van der Waals surface area contributed by atoms with Crippen LogP contribution in [0, 0.1) is 6.92 Å². The Bertz CT molecular complexity index is 998. The van der Waals surface area contributed by atoms with Gasteiger partial charge in [0.25, 0.3) is 11.5 Å². The minimum atomic E-state index is -0.490. The third kappa shape index (κ3) is 4.10. The summed E-state index contributed by atoms with van der Waals surface area (Å²) in [6, 6.07) is 8.20. The van der Waals surface area contributed by atoms with Crippen LogP contribution in [-0.2, 0) is 6.54 Å². The van der Waals surface area contributed by atoms with Crippen LogP contribution in [0.4, 0.5) is 5.13 Å². The maximum atomic E-state index is 12.6. The van der Waals surface area contributed by atoms with Crippen molar-refractivity contribution >= 4 is 45.6 Å². The van der Waals surface area contributed by atoms with Crippen molar-refractivity contribution in [2.45, 2.75) is 13.5 Å². The van der Waals surface area contributed by atoms with E-state index in [9.17, 15) is 9.59 Å². The van der Waals surface area contributed by atoms with Gasteiger partial charge in [0.1, 0.15) is 5.56 Å². The molecule has 0 aliphatic carbocycles. The lowest BCUT2D eigenvalue weighted by Gasteiger charge is -2.09. The van der Waals surface area contributed by atoms with E-state index in [2.05, 4.69) is 10.3 Å². The van der Waals surface area contributed by atoms with E-state index in [-0.39, 0.29) is 12.1 Å². The van der Waals surface area contributed by atoms with Crippen molar-refractivity contribution in [3.8, 4) is 0 Å². The molecule has 0 saturated carbocycles. The molecule has 0 atom stereocenters. The standard InChI is InChI=1S/C17H13Cl2N3O2S/c1-10-9-25-17(20-10)21-15(23)13-3-2-6-22(16(13)24)8-11-4-5-12(18)7-14(11)19/h2-7,9H,8H2,1H3,(H,20,21,23). The largest absolute Gasteiger partial charge is 0.310 e. The molecule has 0 bridgehead atoms. The number of thiazole rings is 1. The number of anilines is 1. The predicted molar refractivity (Wildman–Crippen MR) is 101 cm³/mol. The van der Waals surface area contributed by atoms with Gasteiger partial charge in [0.05, 0.1) is 12.2 Å². The Labute approximate surface area is 157 Å². The van der Waals surface area contributed by atoms with E-state index >= 15 is 0 Å². The fourth-order valence-corrected chi connectivity index (χ4v) is 3.39. The molecule has 1 amide bonds. The summed E-state index contributed by atoms with van der Waals surface area (Å²) in [5.74, 6) is -0.490. The third-order valence-electron chi connectivity index (χ3n) is 3.46. The molecule has 3 aromatic rings. The number of carbonyl (C=O) groups is 1. The van der Waals surface area contributed by atoms with Gasteiger partial charge in [-0.1, -0.05) is 29.3 Å². The average Bonchev–Trinajstić information content (AvgIpc) is 2.96. The maximum Gasteiger partial charge on any atom is 0.263 e. The quantitative estimate of drug-likeness (QED) is 0.721. The van der Waals surface area contributed by atoms with Gasteiger partial charge in [0.15, 0.2) is 5.13 Å². The Kier molecular flexibility index (Phi) is 5.22. The minimum absolute atomic E-state index is 0.0421. The van der Waals surface area contributed by atoms with Crippen molar-refractivity contribution in [2.75, 3.05) is 5.32 Å². The number of pyridine rings is 1. The van der Waals surface area contributed by atoms with Gasteiger partial charge in [-0.05, 0) is 36.8 Å². The highest BCUT2D eigenvalue weighted by Crippen LogP contribution is 2.21. The molecule has 0 saturated heterocycles. The number of hydrogen-bond donors (Lipinski definition) is 1. The fourth-order valence-electron chi connectivity index (χ4n) is 2.24. The number of nitrogens with zero attached hydrogens (tertiary/aromatic N) is 2. The molecule has 25 heavy (non-hydrogen) atoms. The number of halogens is 2. The summed E-state index contributed by atoms with van der Waals surface area (Å²) >= 11 is 13.4. The molecule has 128 valence electrons. The Balaban J connectivity index is 1.86. The van der Waals surface area contributed by atoms with Gasteiger partial charge in [-0.3, -0.25) is 14.9 Å². The normalized spacial score (nSPS) is 10.7. The lowest BCUT2D eigenvalue weighted by Crippen LogP contribution is -2.29. The summed E-state index contributed by atoms with van der Waals surface area (Å²) in [4.78, 5) is 29.1. The number of amides is 1. The van der Waals surface area contributed by atoms with Gasteiger partial charge in [-0.15, -0.1) is 11.3 Å². The van der Waals surface area contributed by atoms with Crippen LogP contribution >= 0.6 is 34.5 Å². The number of aryl methyl sites for hydroxylation is 1.